The standard InChI is InChI=1S/C13H12ClFN2O/c1-3-11-7(2)16-12(17-13(11)18)8-4-9(14)6-10(15)5-8/h4-6H,3H2,1-2H3,(H,16,17,18). The largest absolute Gasteiger partial charge is 0.306 e. The van der Waals surface area contributed by atoms with Gasteiger partial charge >= 0.3 is 0 Å². The van der Waals surface area contributed by atoms with E-state index in [9.17, 15) is 9.18 Å². The first-order valence-corrected chi connectivity index (χ1v) is 5.95. The van der Waals surface area contributed by atoms with Crippen molar-refractivity contribution in [2.75, 3.05) is 0 Å². The van der Waals surface area contributed by atoms with Gasteiger partial charge in [0.1, 0.15) is 11.6 Å². The molecule has 2 aromatic rings. The first-order chi connectivity index (χ1) is 8.51. The zero-order valence-corrected chi connectivity index (χ0v) is 10.8. The molecule has 18 heavy (non-hydrogen) atoms. The van der Waals surface area contributed by atoms with Gasteiger partial charge in [0.05, 0.1) is 0 Å². The van der Waals surface area contributed by atoms with E-state index in [1.54, 1.807) is 13.0 Å². The lowest BCUT2D eigenvalue weighted by atomic mass is 10.1. The summed E-state index contributed by atoms with van der Waals surface area (Å²) in [5, 5.41) is 0.268. The number of aromatic nitrogens is 2. The number of nitrogens with one attached hydrogen (secondary N) is 1. The van der Waals surface area contributed by atoms with Crippen LogP contribution in [0.2, 0.25) is 5.02 Å². The van der Waals surface area contributed by atoms with E-state index < -0.39 is 5.82 Å². The molecule has 5 heteroatoms. The van der Waals surface area contributed by atoms with Gasteiger partial charge in [-0.25, -0.2) is 9.37 Å². The highest BCUT2D eigenvalue weighted by molar-refractivity contribution is 6.30. The van der Waals surface area contributed by atoms with Crippen LogP contribution in [0.5, 0.6) is 0 Å². The molecule has 0 saturated heterocycles. The fourth-order valence-electron chi connectivity index (χ4n) is 1.85. The normalized spacial score (nSPS) is 10.7. The third kappa shape index (κ3) is 2.43. The predicted molar refractivity (Wildman–Crippen MR) is 69.4 cm³/mol. The van der Waals surface area contributed by atoms with Crippen LogP contribution in [0.1, 0.15) is 18.2 Å². The zero-order valence-electron chi connectivity index (χ0n) is 10.1. The molecule has 1 aromatic carbocycles. The number of aryl methyl sites for hydroxylation is 1. The van der Waals surface area contributed by atoms with Gasteiger partial charge in [-0.2, -0.15) is 0 Å². The average molecular weight is 267 g/mol. The van der Waals surface area contributed by atoms with Gasteiger partial charge in [0, 0.05) is 21.8 Å². The van der Waals surface area contributed by atoms with E-state index >= 15 is 0 Å². The highest BCUT2D eigenvalue weighted by Crippen LogP contribution is 2.21. The van der Waals surface area contributed by atoms with Crippen molar-refractivity contribution < 1.29 is 4.39 Å². The fourth-order valence-corrected chi connectivity index (χ4v) is 2.08. The Kier molecular flexibility index (Phi) is 3.48. The molecule has 0 aliphatic carbocycles. The van der Waals surface area contributed by atoms with Crippen molar-refractivity contribution in [3.8, 4) is 11.4 Å². The van der Waals surface area contributed by atoms with Crippen LogP contribution in [0, 0.1) is 12.7 Å². The number of halogens is 2. The second-order valence-electron chi connectivity index (χ2n) is 3.99. The summed E-state index contributed by atoms with van der Waals surface area (Å²) < 4.78 is 13.3. The minimum absolute atomic E-state index is 0.194. The molecule has 0 spiro atoms. The van der Waals surface area contributed by atoms with Crippen LogP contribution in [0.4, 0.5) is 4.39 Å². The van der Waals surface area contributed by atoms with Crippen molar-refractivity contribution in [1.82, 2.24) is 9.97 Å². The van der Waals surface area contributed by atoms with Crippen LogP contribution < -0.4 is 5.56 Å². The minimum Gasteiger partial charge on any atom is -0.306 e. The molecule has 1 N–H and O–H groups in total. The molecule has 0 saturated carbocycles. The highest BCUT2D eigenvalue weighted by Gasteiger charge is 2.09. The Bertz CT molecular complexity index is 632. The Morgan fingerprint density at radius 1 is 1.39 bits per heavy atom. The Hall–Kier alpha value is -1.68. The summed E-state index contributed by atoms with van der Waals surface area (Å²) in [4.78, 5) is 18.7. The van der Waals surface area contributed by atoms with Gasteiger partial charge in [-0.3, -0.25) is 4.79 Å². The Morgan fingerprint density at radius 2 is 2.11 bits per heavy atom. The summed E-state index contributed by atoms with van der Waals surface area (Å²) in [7, 11) is 0. The number of benzene rings is 1. The monoisotopic (exact) mass is 266 g/mol. The molecular formula is C13H12ClFN2O. The van der Waals surface area contributed by atoms with Crippen molar-refractivity contribution in [2.45, 2.75) is 20.3 Å². The first-order valence-electron chi connectivity index (χ1n) is 5.57. The van der Waals surface area contributed by atoms with Crippen LogP contribution in [-0.2, 0) is 6.42 Å². The zero-order chi connectivity index (χ0) is 13.3. The van der Waals surface area contributed by atoms with Crippen molar-refractivity contribution in [3.05, 3.63) is 50.7 Å². The van der Waals surface area contributed by atoms with Gasteiger partial charge in [0.25, 0.3) is 5.56 Å². The van der Waals surface area contributed by atoms with E-state index in [1.807, 2.05) is 6.92 Å². The maximum absolute atomic E-state index is 13.3. The molecule has 0 bridgehead atoms. The summed E-state index contributed by atoms with van der Waals surface area (Å²) in [5.41, 5.74) is 1.56. The van der Waals surface area contributed by atoms with Crippen LogP contribution in [0.15, 0.2) is 23.0 Å². The predicted octanol–water partition coefficient (Wildman–Crippen LogP) is 3.10. The van der Waals surface area contributed by atoms with Gasteiger partial charge in [0.2, 0.25) is 0 Å². The lowest BCUT2D eigenvalue weighted by Crippen LogP contribution is -2.16. The Morgan fingerprint density at radius 3 is 2.67 bits per heavy atom. The van der Waals surface area contributed by atoms with Crippen LogP contribution in [0.3, 0.4) is 0 Å². The Balaban J connectivity index is 2.61. The summed E-state index contributed by atoms with van der Waals surface area (Å²) >= 11 is 5.78. The summed E-state index contributed by atoms with van der Waals surface area (Å²) in [6.07, 6.45) is 0.609. The SMILES string of the molecule is CCc1c(C)nc(-c2cc(F)cc(Cl)c2)[nH]c1=O. The van der Waals surface area contributed by atoms with Crippen molar-refractivity contribution in [3.63, 3.8) is 0 Å². The van der Waals surface area contributed by atoms with E-state index in [4.69, 9.17) is 11.6 Å². The highest BCUT2D eigenvalue weighted by atomic mass is 35.5. The Labute approximate surface area is 109 Å². The van der Waals surface area contributed by atoms with Crippen molar-refractivity contribution in [1.29, 1.82) is 0 Å². The van der Waals surface area contributed by atoms with Crippen LogP contribution in [-0.4, -0.2) is 9.97 Å². The van der Waals surface area contributed by atoms with Crippen LogP contribution >= 0.6 is 11.6 Å². The first kappa shape index (κ1) is 12.8. The fraction of sp³-hybridized carbons (Fsp3) is 0.231. The van der Waals surface area contributed by atoms with Gasteiger partial charge in [-0.1, -0.05) is 18.5 Å². The number of hydrogen-bond donors (Lipinski definition) is 1. The molecule has 2 rings (SSSR count). The molecule has 1 heterocycles. The molecule has 0 unspecified atom stereocenters. The molecule has 0 aliphatic heterocycles. The van der Waals surface area contributed by atoms with Gasteiger partial charge in [0.15, 0.2) is 0 Å². The molecule has 3 nitrogen and oxygen atoms in total. The topological polar surface area (TPSA) is 45.8 Å². The van der Waals surface area contributed by atoms with Crippen molar-refractivity contribution in [2.24, 2.45) is 0 Å². The number of aromatic amines is 1. The molecule has 0 amide bonds. The molecule has 0 radical (unpaired) electrons. The van der Waals surface area contributed by atoms with E-state index in [2.05, 4.69) is 9.97 Å². The molecule has 0 fully saturated rings. The molecule has 1 aromatic heterocycles. The number of H-pyrrole nitrogens is 1. The summed E-state index contributed by atoms with van der Waals surface area (Å²) in [6.45, 7) is 3.65. The van der Waals surface area contributed by atoms with E-state index in [-0.39, 0.29) is 10.6 Å². The lowest BCUT2D eigenvalue weighted by Gasteiger charge is -2.06. The summed E-state index contributed by atoms with van der Waals surface area (Å²) in [5.74, 6) is -0.131. The van der Waals surface area contributed by atoms with Crippen LogP contribution in [0.25, 0.3) is 11.4 Å². The average Bonchev–Trinajstić information content (AvgIpc) is 2.27. The quantitative estimate of drug-likeness (QED) is 0.908. The number of nitrogens with zero attached hydrogens (tertiary/aromatic N) is 1. The smallest absolute Gasteiger partial charge is 0.254 e. The van der Waals surface area contributed by atoms with E-state index in [0.717, 1.165) is 0 Å². The van der Waals surface area contributed by atoms with E-state index in [1.165, 1.54) is 12.1 Å². The number of hydrogen-bond acceptors (Lipinski definition) is 2. The third-order valence-electron chi connectivity index (χ3n) is 2.71. The van der Waals surface area contributed by atoms with Gasteiger partial charge < -0.3 is 4.98 Å². The molecule has 0 aliphatic rings. The van der Waals surface area contributed by atoms with E-state index in [0.29, 0.717) is 29.1 Å². The van der Waals surface area contributed by atoms with Gasteiger partial charge in [-0.05, 0) is 31.5 Å². The molecule has 0 atom stereocenters. The maximum atomic E-state index is 13.3. The third-order valence-corrected chi connectivity index (χ3v) is 2.93. The molecule has 94 valence electrons. The van der Waals surface area contributed by atoms with Crippen molar-refractivity contribution >= 4 is 11.6 Å². The number of rotatable bonds is 2. The maximum Gasteiger partial charge on any atom is 0.254 e. The summed E-state index contributed by atoms with van der Waals surface area (Å²) in [6, 6.07) is 4.06. The second-order valence-corrected chi connectivity index (χ2v) is 4.43. The second kappa shape index (κ2) is 4.90. The minimum atomic E-state index is -0.461. The van der Waals surface area contributed by atoms with Gasteiger partial charge in [-0.15, -0.1) is 0 Å². The lowest BCUT2D eigenvalue weighted by molar-refractivity contribution is 0.628. The molecular weight excluding hydrogens is 255 g/mol.